The van der Waals surface area contributed by atoms with Gasteiger partial charge in [-0.2, -0.15) is 0 Å². The summed E-state index contributed by atoms with van der Waals surface area (Å²) in [6.07, 6.45) is 0.248. The normalized spacial score (nSPS) is 15.5. The van der Waals surface area contributed by atoms with Crippen molar-refractivity contribution < 1.29 is 13.6 Å². The molecule has 1 aromatic rings. The molecule has 0 bridgehead atoms. The highest BCUT2D eigenvalue weighted by Gasteiger charge is 2.16. The lowest BCUT2D eigenvalue weighted by molar-refractivity contribution is 0.238. The number of hydrogen-bond donors (Lipinski definition) is 4. The van der Waals surface area contributed by atoms with Gasteiger partial charge in [0, 0.05) is 19.6 Å². The van der Waals surface area contributed by atoms with Crippen molar-refractivity contribution in [3.8, 4) is 0 Å². The second kappa shape index (κ2) is 6.44. The van der Waals surface area contributed by atoms with Crippen LogP contribution in [-0.4, -0.2) is 31.7 Å². The fourth-order valence-corrected chi connectivity index (χ4v) is 1.85. The topological polar surface area (TPSA) is 65.2 Å². The average Bonchev–Trinajstić information content (AvgIpc) is 2.87. The first-order valence-electron chi connectivity index (χ1n) is 6.10. The summed E-state index contributed by atoms with van der Waals surface area (Å²) in [7, 11) is 0. The molecule has 104 valence electrons. The Balaban J connectivity index is 1.73. The van der Waals surface area contributed by atoms with Crippen molar-refractivity contribution in [3.05, 3.63) is 35.4 Å². The quantitative estimate of drug-likeness (QED) is 0.635. The van der Waals surface area contributed by atoms with Gasteiger partial charge in [0.15, 0.2) is 11.6 Å². The number of amides is 2. The van der Waals surface area contributed by atoms with Crippen LogP contribution in [0.25, 0.3) is 0 Å². The number of halogens is 2. The minimum atomic E-state index is -0.870. The molecule has 1 heterocycles. The van der Waals surface area contributed by atoms with E-state index in [2.05, 4.69) is 21.5 Å². The zero-order valence-electron chi connectivity index (χ0n) is 10.3. The highest BCUT2D eigenvalue weighted by atomic mass is 19.2. The highest BCUT2D eigenvalue weighted by Crippen LogP contribution is 2.11. The highest BCUT2D eigenvalue weighted by molar-refractivity contribution is 5.74. The summed E-state index contributed by atoms with van der Waals surface area (Å²) in [4.78, 5) is 11.5. The van der Waals surface area contributed by atoms with E-state index in [1.165, 1.54) is 12.1 Å². The van der Waals surface area contributed by atoms with E-state index in [0.717, 1.165) is 6.07 Å². The van der Waals surface area contributed by atoms with Gasteiger partial charge in [-0.05, 0) is 18.1 Å². The third kappa shape index (κ3) is 3.87. The lowest BCUT2D eigenvalue weighted by Gasteiger charge is -2.12. The molecule has 4 N–H and O–H groups in total. The molecule has 19 heavy (non-hydrogen) atoms. The second-order valence-corrected chi connectivity index (χ2v) is 4.32. The van der Waals surface area contributed by atoms with E-state index >= 15 is 0 Å². The third-order valence-corrected chi connectivity index (χ3v) is 2.87. The fraction of sp³-hybridized carbons (Fsp3) is 0.417. The molecule has 0 unspecified atom stereocenters. The van der Waals surface area contributed by atoms with E-state index in [1.807, 2.05) is 0 Å². The largest absolute Gasteiger partial charge is 0.338 e. The van der Waals surface area contributed by atoms with Crippen LogP contribution in [0, 0.1) is 11.6 Å². The van der Waals surface area contributed by atoms with Crippen molar-refractivity contribution >= 4 is 6.03 Å². The van der Waals surface area contributed by atoms with Crippen LogP contribution < -0.4 is 21.5 Å². The van der Waals surface area contributed by atoms with E-state index < -0.39 is 11.6 Å². The minimum absolute atomic E-state index is 0.0332. The Kier molecular flexibility index (Phi) is 4.64. The van der Waals surface area contributed by atoms with Gasteiger partial charge >= 0.3 is 6.03 Å². The molecule has 1 aromatic carbocycles. The SMILES string of the molecule is O=C(NCCc1cccc(F)c1F)NC1CNNC1. The predicted octanol–water partition coefficient (Wildman–Crippen LogP) is 0.283. The minimum Gasteiger partial charge on any atom is -0.338 e. The second-order valence-electron chi connectivity index (χ2n) is 4.32. The fourth-order valence-electron chi connectivity index (χ4n) is 1.85. The first kappa shape index (κ1) is 13.7. The van der Waals surface area contributed by atoms with Crippen LogP contribution in [0.1, 0.15) is 5.56 Å². The number of benzene rings is 1. The van der Waals surface area contributed by atoms with Crippen LogP contribution >= 0.6 is 0 Å². The van der Waals surface area contributed by atoms with Gasteiger partial charge in [-0.15, -0.1) is 0 Å². The van der Waals surface area contributed by atoms with Crippen LogP contribution in [0.2, 0.25) is 0 Å². The monoisotopic (exact) mass is 270 g/mol. The van der Waals surface area contributed by atoms with Crippen molar-refractivity contribution in [2.24, 2.45) is 0 Å². The Hall–Kier alpha value is -1.73. The number of carbonyl (C=O) groups is 1. The van der Waals surface area contributed by atoms with Gasteiger partial charge in [-0.1, -0.05) is 12.1 Å². The van der Waals surface area contributed by atoms with Gasteiger partial charge in [0.2, 0.25) is 0 Å². The first-order chi connectivity index (χ1) is 9.16. The van der Waals surface area contributed by atoms with Crippen LogP contribution in [0.3, 0.4) is 0 Å². The Labute approximate surface area is 109 Å². The Morgan fingerprint density at radius 2 is 2.05 bits per heavy atom. The Bertz CT molecular complexity index is 449. The van der Waals surface area contributed by atoms with E-state index in [-0.39, 0.29) is 30.6 Å². The molecule has 2 amide bonds. The third-order valence-electron chi connectivity index (χ3n) is 2.87. The van der Waals surface area contributed by atoms with Crippen LogP contribution in [0.4, 0.5) is 13.6 Å². The van der Waals surface area contributed by atoms with Crippen molar-refractivity contribution in [2.75, 3.05) is 19.6 Å². The number of nitrogens with one attached hydrogen (secondary N) is 4. The molecule has 0 spiro atoms. The van der Waals surface area contributed by atoms with Gasteiger partial charge in [-0.3, -0.25) is 10.9 Å². The van der Waals surface area contributed by atoms with Gasteiger partial charge in [0.25, 0.3) is 0 Å². The summed E-state index contributed by atoms with van der Waals surface area (Å²) in [6, 6.07) is 3.74. The molecule has 1 aliphatic rings. The van der Waals surface area contributed by atoms with E-state index in [1.54, 1.807) is 0 Å². The van der Waals surface area contributed by atoms with Crippen molar-refractivity contribution in [1.29, 1.82) is 0 Å². The maximum Gasteiger partial charge on any atom is 0.315 e. The van der Waals surface area contributed by atoms with Gasteiger partial charge in [0.05, 0.1) is 6.04 Å². The number of hydrogen-bond acceptors (Lipinski definition) is 3. The molecule has 1 saturated heterocycles. The Morgan fingerprint density at radius 1 is 1.32 bits per heavy atom. The van der Waals surface area contributed by atoms with Gasteiger partial charge in [-0.25, -0.2) is 13.6 Å². The summed E-state index contributed by atoms with van der Waals surface area (Å²) < 4.78 is 26.3. The van der Waals surface area contributed by atoms with Crippen molar-refractivity contribution in [3.63, 3.8) is 0 Å². The molecule has 7 heteroatoms. The summed E-state index contributed by atoms with van der Waals surface area (Å²) in [5, 5.41) is 5.36. The molecule has 0 aliphatic carbocycles. The molecule has 0 aromatic heterocycles. The summed E-state index contributed by atoms with van der Waals surface area (Å²) in [6.45, 7) is 1.57. The van der Waals surface area contributed by atoms with Crippen molar-refractivity contribution in [2.45, 2.75) is 12.5 Å². The molecular weight excluding hydrogens is 254 g/mol. The molecule has 0 saturated carbocycles. The number of carbonyl (C=O) groups excluding carboxylic acids is 1. The molecule has 0 radical (unpaired) electrons. The summed E-state index contributed by atoms with van der Waals surface area (Å²) >= 11 is 0. The van der Waals surface area contributed by atoms with Crippen LogP contribution in [-0.2, 0) is 6.42 Å². The smallest absolute Gasteiger partial charge is 0.315 e. The lowest BCUT2D eigenvalue weighted by Crippen LogP contribution is -2.45. The van der Waals surface area contributed by atoms with Crippen LogP contribution in [0.5, 0.6) is 0 Å². The van der Waals surface area contributed by atoms with Crippen molar-refractivity contribution in [1.82, 2.24) is 21.5 Å². The molecular formula is C12H16F2N4O. The zero-order valence-corrected chi connectivity index (χ0v) is 10.3. The van der Waals surface area contributed by atoms with E-state index in [4.69, 9.17) is 0 Å². The molecule has 5 nitrogen and oxygen atoms in total. The van der Waals surface area contributed by atoms with E-state index in [9.17, 15) is 13.6 Å². The molecule has 0 atom stereocenters. The van der Waals surface area contributed by atoms with Gasteiger partial charge < -0.3 is 10.6 Å². The molecule has 1 fully saturated rings. The maximum absolute atomic E-state index is 13.3. The Morgan fingerprint density at radius 3 is 2.79 bits per heavy atom. The average molecular weight is 270 g/mol. The van der Waals surface area contributed by atoms with Crippen LogP contribution in [0.15, 0.2) is 18.2 Å². The van der Waals surface area contributed by atoms with Gasteiger partial charge in [0.1, 0.15) is 0 Å². The first-order valence-corrected chi connectivity index (χ1v) is 6.10. The summed E-state index contributed by atoms with van der Waals surface area (Å²) in [5.74, 6) is -1.72. The number of urea groups is 1. The standard InChI is InChI=1S/C12H16F2N4O/c13-10-3-1-2-8(11(10)14)4-5-15-12(19)18-9-6-16-17-7-9/h1-3,9,16-17H,4-7H2,(H2,15,18,19). The molecule has 1 aliphatic heterocycles. The number of hydrazine groups is 1. The molecule has 2 rings (SSSR count). The summed E-state index contributed by atoms with van der Waals surface area (Å²) in [5.41, 5.74) is 6.03. The van der Waals surface area contributed by atoms with E-state index in [0.29, 0.717) is 13.1 Å². The maximum atomic E-state index is 13.3. The lowest BCUT2D eigenvalue weighted by atomic mass is 10.1. The number of rotatable bonds is 4. The zero-order chi connectivity index (χ0) is 13.7. The predicted molar refractivity (Wildman–Crippen MR) is 66.4 cm³/mol.